The average molecular weight is 342 g/mol. The van der Waals surface area contributed by atoms with Crippen molar-refractivity contribution in [1.82, 2.24) is 0 Å². The summed E-state index contributed by atoms with van der Waals surface area (Å²) in [7, 11) is 0. The molecular weight excluding hydrogens is 324 g/mol. The SMILES string of the molecule is Cc1ccc(SC2CC(=O)CO[C@H]2OC(=O)c2ccccc2)cc1. The molecule has 124 valence electrons. The van der Waals surface area contributed by atoms with Gasteiger partial charge in [0.15, 0.2) is 5.78 Å². The van der Waals surface area contributed by atoms with Crippen LogP contribution in [0.5, 0.6) is 0 Å². The average Bonchev–Trinajstić information content (AvgIpc) is 2.60. The number of aryl methyl sites for hydroxylation is 1. The molecule has 2 aromatic rings. The summed E-state index contributed by atoms with van der Waals surface area (Å²) in [6, 6.07) is 16.8. The Morgan fingerprint density at radius 2 is 1.83 bits per heavy atom. The molecule has 1 fully saturated rings. The van der Waals surface area contributed by atoms with Crippen LogP contribution in [0.25, 0.3) is 0 Å². The maximum absolute atomic E-state index is 12.2. The summed E-state index contributed by atoms with van der Waals surface area (Å²) >= 11 is 1.50. The first-order valence-electron chi connectivity index (χ1n) is 7.74. The topological polar surface area (TPSA) is 52.6 Å². The highest BCUT2D eigenvalue weighted by molar-refractivity contribution is 8.00. The number of thioether (sulfide) groups is 1. The number of rotatable bonds is 4. The fourth-order valence-corrected chi connectivity index (χ4v) is 3.57. The molecule has 0 aromatic heterocycles. The summed E-state index contributed by atoms with van der Waals surface area (Å²) in [5, 5.41) is -0.249. The highest BCUT2D eigenvalue weighted by atomic mass is 32.2. The number of ether oxygens (including phenoxy) is 2. The summed E-state index contributed by atoms with van der Waals surface area (Å²) in [5.41, 5.74) is 1.64. The van der Waals surface area contributed by atoms with Gasteiger partial charge in [-0.2, -0.15) is 0 Å². The molecule has 3 rings (SSSR count). The van der Waals surface area contributed by atoms with Gasteiger partial charge in [0.05, 0.1) is 10.8 Å². The van der Waals surface area contributed by atoms with E-state index in [9.17, 15) is 9.59 Å². The van der Waals surface area contributed by atoms with Gasteiger partial charge in [0, 0.05) is 11.3 Å². The van der Waals surface area contributed by atoms with Crippen LogP contribution in [-0.4, -0.2) is 29.9 Å². The lowest BCUT2D eigenvalue weighted by atomic mass is 10.1. The van der Waals surface area contributed by atoms with Crippen molar-refractivity contribution < 1.29 is 19.1 Å². The van der Waals surface area contributed by atoms with Crippen molar-refractivity contribution >= 4 is 23.5 Å². The fraction of sp³-hybridized carbons (Fsp3) is 0.263. The molecule has 0 N–H and O–H groups in total. The van der Waals surface area contributed by atoms with Crippen LogP contribution in [0.3, 0.4) is 0 Å². The van der Waals surface area contributed by atoms with E-state index in [1.165, 1.54) is 17.3 Å². The van der Waals surface area contributed by atoms with Crippen molar-refractivity contribution in [2.24, 2.45) is 0 Å². The molecule has 0 bridgehead atoms. The molecule has 1 saturated heterocycles. The quantitative estimate of drug-likeness (QED) is 0.794. The molecule has 24 heavy (non-hydrogen) atoms. The number of hydrogen-bond donors (Lipinski definition) is 0. The molecule has 1 aliphatic rings. The molecule has 2 atom stereocenters. The second-order valence-corrected chi connectivity index (χ2v) is 6.98. The van der Waals surface area contributed by atoms with Crippen LogP contribution in [0.1, 0.15) is 22.3 Å². The predicted molar refractivity (Wildman–Crippen MR) is 92.0 cm³/mol. The molecular formula is C19H18O4S. The van der Waals surface area contributed by atoms with E-state index in [1.807, 2.05) is 37.3 Å². The Labute approximate surface area is 145 Å². The number of ketones is 1. The van der Waals surface area contributed by atoms with Crippen molar-refractivity contribution in [2.45, 2.75) is 29.8 Å². The predicted octanol–water partition coefficient (Wildman–Crippen LogP) is 3.63. The third kappa shape index (κ3) is 4.24. The first-order chi connectivity index (χ1) is 11.6. The van der Waals surface area contributed by atoms with Crippen molar-refractivity contribution in [3.8, 4) is 0 Å². The van der Waals surface area contributed by atoms with E-state index in [1.54, 1.807) is 24.3 Å². The zero-order valence-electron chi connectivity index (χ0n) is 13.3. The van der Waals surface area contributed by atoms with Gasteiger partial charge in [0.25, 0.3) is 0 Å². The van der Waals surface area contributed by atoms with Crippen LogP contribution >= 0.6 is 11.8 Å². The van der Waals surface area contributed by atoms with Gasteiger partial charge < -0.3 is 9.47 Å². The van der Waals surface area contributed by atoms with Gasteiger partial charge in [-0.05, 0) is 31.2 Å². The third-order valence-corrected chi connectivity index (χ3v) is 4.92. The van der Waals surface area contributed by atoms with Crippen molar-refractivity contribution in [3.05, 3.63) is 65.7 Å². The first kappa shape index (κ1) is 16.7. The Balaban J connectivity index is 1.70. The van der Waals surface area contributed by atoms with Crippen LogP contribution in [-0.2, 0) is 14.3 Å². The molecule has 1 heterocycles. The molecule has 0 aliphatic carbocycles. The van der Waals surface area contributed by atoms with Crippen molar-refractivity contribution in [1.29, 1.82) is 0 Å². The largest absolute Gasteiger partial charge is 0.431 e. The monoisotopic (exact) mass is 342 g/mol. The molecule has 0 saturated carbocycles. The minimum atomic E-state index is -0.735. The van der Waals surface area contributed by atoms with Crippen LogP contribution in [0.15, 0.2) is 59.5 Å². The maximum atomic E-state index is 12.2. The standard InChI is InChI=1S/C19H18O4S/c1-13-7-9-16(10-8-13)24-17-11-15(20)12-22-19(17)23-18(21)14-5-3-2-4-6-14/h2-10,17,19H,11-12H2,1H3/t17?,19-/m0/s1. The van der Waals surface area contributed by atoms with E-state index in [0.717, 1.165) is 4.90 Å². The van der Waals surface area contributed by atoms with Crippen LogP contribution in [0, 0.1) is 6.92 Å². The Morgan fingerprint density at radius 3 is 2.54 bits per heavy atom. The maximum Gasteiger partial charge on any atom is 0.340 e. The molecule has 2 aromatic carbocycles. The van der Waals surface area contributed by atoms with Crippen LogP contribution in [0.2, 0.25) is 0 Å². The summed E-state index contributed by atoms with van der Waals surface area (Å²) < 4.78 is 11.0. The number of carbonyl (C=O) groups is 2. The Morgan fingerprint density at radius 1 is 1.12 bits per heavy atom. The first-order valence-corrected chi connectivity index (χ1v) is 8.62. The molecule has 4 nitrogen and oxygen atoms in total. The van der Waals surface area contributed by atoms with Crippen LogP contribution in [0.4, 0.5) is 0 Å². The molecule has 0 amide bonds. The summed E-state index contributed by atoms with van der Waals surface area (Å²) in [4.78, 5) is 25.0. The molecule has 0 spiro atoms. The van der Waals surface area contributed by atoms with E-state index < -0.39 is 12.3 Å². The minimum absolute atomic E-state index is 0.0162. The summed E-state index contributed by atoms with van der Waals surface area (Å²) in [6.45, 7) is 2.00. The third-order valence-electron chi connectivity index (χ3n) is 3.68. The van der Waals surface area contributed by atoms with Gasteiger partial charge in [-0.15, -0.1) is 11.8 Å². The Hall–Kier alpha value is -2.11. The number of carbonyl (C=O) groups excluding carboxylic acids is 2. The number of benzene rings is 2. The van der Waals surface area contributed by atoms with Gasteiger partial charge in [-0.1, -0.05) is 35.9 Å². The van der Waals surface area contributed by atoms with E-state index in [4.69, 9.17) is 9.47 Å². The molecule has 0 radical (unpaired) electrons. The van der Waals surface area contributed by atoms with Gasteiger partial charge in [0.1, 0.15) is 6.61 Å². The van der Waals surface area contributed by atoms with Crippen molar-refractivity contribution in [2.75, 3.05) is 6.61 Å². The van der Waals surface area contributed by atoms with E-state index >= 15 is 0 Å². The Kier molecular flexibility index (Phi) is 5.33. The normalized spacial score (nSPS) is 20.6. The minimum Gasteiger partial charge on any atom is -0.431 e. The van der Waals surface area contributed by atoms with Crippen LogP contribution < -0.4 is 0 Å². The molecule has 5 heteroatoms. The second-order valence-electron chi connectivity index (χ2n) is 5.66. The van der Waals surface area contributed by atoms with Gasteiger partial charge in [-0.25, -0.2) is 4.79 Å². The fourth-order valence-electron chi connectivity index (χ4n) is 2.41. The Bertz CT molecular complexity index is 712. The zero-order valence-corrected chi connectivity index (χ0v) is 14.1. The van der Waals surface area contributed by atoms with Gasteiger partial charge >= 0.3 is 5.97 Å². The van der Waals surface area contributed by atoms with E-state index in [-0.39, 0.29) is 17.6 Å². The van der Waals surface area contributed by atoms with Crippen molar-refractivity contribution in [3.63, 3.8) is 0 Å². The number of esters is 1. The lowest BCUT2D eigenvalue weighted by molar-refractivity contribution is -0.153. The molecule has 1 unspecified atom stereocenters. The van der Waals surface area contributed by atoms with Gasteiger partial charge in [-0.3, -0.25) is 4.79 Å². The lowest BCUT2D eigenvalue weighted by Crippen LogP contribution is -2.40. The number of Topliss-reactive ketones (excluding diaryl/α,β-unsaturated/α-hetero) is 1. The van der Waals surface area contributed by atoms with E-state index in [2.05, 4.69) is 0 Å². The van der Waals surface area contributed by atoms with E-state index in [0.29, 0.717) is 12.0 Å². The van der Waals surface area contributed by atoms with Gasteiger partial charge in [0.2, 0.25) is 6.29 Å². The number of hydrogen-bond acceptors (Lipinski definition) is 5. The second kappa shape index (κ2) is 7.64. The molecule has 1 aliphatic heterocycles. The summed E-state index contributed by atoms with van der Waals surface area (Å²) in [5.74, 6) is -0.420. The smallest absolute Gasteiger partial charge is 0.340 e. The summed E-state index contributed by atoms with van der Waals surface area (Å²) in [6.07, 6.45) is -0.410. The highest BCUT2D eigenvalue weighted by Crippen LogP contribution is 2.32. The lowest BCUT2D eigenvalue weighted by Gasteiger charge is -2.29. The zero-order chi connectivity index (χ0) is 16.9. The highest BCUT2D eigenvalue weighted by Gasteiger charge is 2.34.